The Morgan fingerprint density at radius 2 is 2.24 bits per heavy atom. The third kappa shape index (κ3) is 2.74. The molecule has 2 rings (SSSR count). The van der Waals surface area contributed by atoms with Gasteiger partial charge in [-0.1, -0.05) is 16.8 Å². The molecule has 0 radical (unpaired) electrons. The highest BCUT2D eigenvalue weighted by Gasteiger charge is 2.16. The summed E-state index contributed by atoms with van der Waals surface area (Å²) in [5.74, 6) is 0.837. The number of aryl methyl sites for hydroxylation is 1. The highest BCUT2D eigenvalue weighted by Crippen LogP contribution is 2.28. The molecule has 17 heavy (non-hydrogen) atoms. The Balaban J connectivity index is 2.15. The normalized spacial score (nSPS) is 12.5. The molecule has 1 atom stereocenters. The average molecular weight is 257 g/mol. The van der Waals surface area contributed by atoms with Gasteiger partial charge in [0.25, 0.3) is 5.89 Å². The third-order valence-corrected chi connectivity index (χ3v) is 2.38. The Kier molecular flexibility index (Phi) is 3.28. The van der Waals surface area contributed by atoms with Crippen molar-refractivity contribution in [3.8, 4) is 5.75 Å². The molecule has 0 aliphatic rings. The van der Waals surface area contributed by atoms with Gasteiger partial charge in [0.1, 0.15) is 11.6 Å². The lowest BCUT2D eigenvalue weighted by Gasteiger charge is -2.11. The molecule has 0 bridgehead atoms. The van der Waals surface area contributed by atoms with Crippen LogP contribution < -0.4 is 4.74 Å². The van der Waals surface area contributed by atoms with Crippen molar-refractivity contribution in [2.24, 2.45) is 0 Å². The number of rotatable bonds is 3. The van der Waals surface area contributed by atoms with Crippen LogP contribution in [0.15, 0.2) is 22.7 Å². The lowest BCUT2D eigenvalue weighted by atomic mass is 10.3. The molecule has 1 aromatic heterocycles. The van der Waals surface area contributed by atoms with Gasteiger partial charge in [0.05, 0.1) is 5.02 Å². The fraction of sp³-hybridized carbons (Fsp3) is 0.273. The van der Waals surface area contributed by atoms with Crippen molar-refractivity contribution >= 4 is 11.6 Å². The molecule has 0 spiro atoms. The van der Waals surface area contributed by atoms with E-state index in [-0.39, 0.29) is 5.02 Å². The Bertz CT molecular complexity index is 530. The van der Waals surface area contributed by atoms with Gasteiger partial charge in [-0.05, 0) is 32.0 Å². The standard InChI is InChI=1S/C11H10ClFN2O2/c1-6(11-14-7(2)15-17-11)16-10-4-3-8(13)5-9(10)12/h3-6H,1-2H3. The number of nitrogens with zero attached hydrogens (tertiary/aromatic N) is 2. The van der Waals surface area contributed by atoms with Crippen molar-refractivity contribution in [1.29, 1.82) is 0 Å². The first-order valence-electron chi connectivity index (χ1n) is 4.98. The van der Waals surface area contributed by atoms with E-state index in [1.165, 1.54) is 18.2 Å². The number of aromatic nitrogens is 2. The van der Waals surface area contributed by atoms with Gasteiger partial charge >= 0.3 is 0 Å². The quantitative estimate of drug-likeness (QED) is 0.845. The molecule has 4 nitrogen and oxygen atoms in total. The minimum atomic E-state index is -0.445. The molecule has 2 aromatic rings. The van der Waals surface area contributed by atoms with Crippen molar-refractivity contribution in [1.82, 2.24) is 10.1 Å². The lowest BCUT2D eigenvalue weighted by Crippen LogP contribution is -2.04. The third-order valence-electron chi connectivity index (χ3n) is 2.09. The van der Waals surface area contributed by atoms with E-state index >= 15 is 0 Å². The van der Waals surface area contributed by atoms with Gasteiger partial charge in [-0.2, -0.15) is 4.98 Å². The Labute approximate surface area is 102 Å². The Hall–Kier alpha value is -1.62. The van der Waals surface area contributed by atoms with Gasteiger partial charge in [-0.15, -0.1) is 0 Å². The Morgan fingerprint density at radius 3 is 2.82 bits per heavy atom. The van der Waals surface area contributed by atoms with Crippen LogP contribution in [0, 0.1) is 12.7 Å². The molecule has 0 saturated heterocycles. The van der Waals surface area contributed by atoms with Crippen molar-refractivity contribution in [3.05, 3.63) is 40.8 Å². The molecule has 1 unspecified atom stereocenters. The summed E-state index contributed by atoms with van der Waals surface area (Å²) >= 11 is 5.83. The van der Waals surface area contributed by atoms with Gasteiger partial charge in [0.2, 0.25) is 0 Å². The summed E-state index contributed by atoms with van der Waals surface area (Å²) in [6, 6.07) is 3.91. The van der Waals surface area contributed by atoms with Gasteiger partial charge < -0.3 is 9.26 Å². The van der Waals surface area contributed by atoms with Crippen LogP contribution in [0.2, 0.25) is 5.02 Å². The smallest absolute Gasteiger partial charge is 0.267 e. The van der Waals surface area contributed by atoms with Crippen LogP contribution in [0.3, 0.4) is 0 Å². The molecular weight excluding hydrogens is 247 g/mol. The fourth-order valence-electron chi connectivity index (χ4n) is 1.29. The molecule has 0 aliphatic carbocycles. The topological polar surface area (TPSA) is 48.2 Å². The van der Waals surface area contributed by atoms with Crippen molar-refractivity contribution in [2.45, 2.75) is 20.0 Å². The molecule has 1 aromatic carbocycles. The molecule has 90 valence electrons. The minimum Gasteiger partial charge on any atom is -0.479 e. The van der Waals surface area contributed by atoms with Crippen LogP contribution in [0.5, 0.6) is 5.75 Å². The van der Waals surface area contributed by atoms with Crippen molar-refractivity contribution in [3.63, 3.8) is 0 Å². The maximum absolute atomic E-state index is 12.8. The number of benzene rings is 1. The minimum absolute atomic E-state index is 0.202. The second kappa shape index (κ2) is 4.71. The molecule has 6 heteroatoms. The zero-order chi connectivity index (χ0) is 12.4. The van der Waals surface area contributed by atoms with E-state index in [4.69, 9.17) is 20.9 Å². The van der Waals surface area contributed by atoms with Gasteiger partial charge in [0, 0.05) is 0 Å². The van der Waals surface area contributed by atoms with E-state index in [9.17, 15) is 4.39 Å². The average Bonchev–Trinajstić information content (AvgIpc) is 2.69. The molecule has 0 fully saturated rings. The largest absolute Gasteiger partial charge is 0.479 e. The highest BCUT2D eigenvalue weighted by molar-refractivity contribution is 6.32. The fourth-order valence-corrected chi connectivity index (χ4v) is 1.50. The number of ether oxygens (including phenoxy) is 1. The molecule has 0 amide bonds. The second-order valence-electron chi connectivity index (χ2n) is 3.51. The summed E-state index contributed by atoms with van der Waals surface area (Å²) in [7, 11) is 0. The second-order valence-corrected chi connectivity index (χ2v) is 3.92. The molecule has 1 heterocycles. The number of halogens is 2. The zero-order valence-corrected chi connectivity index (χ0v) is 10.0. The Morgan fingerprint density at radius 1 is 1.47 bits per heavy atom. The zero-order valence-electron chi connectivity index (χ0n) is 9.28. The lowest BCUT2D eigenvalue weighted by molar-refractivity contribution is 0.175. The molecular formula is C11H10ClFN2O2. The summed E-state index contributed by atoms with van der Waals surface area (Å²) in [4.78, 5) is 4.03. The van der Waals surface area contributed by atoms with E-state index < -0.39 is 11.9 Å². The van der Waals surface area contributed by atoms with E-state index in [1.807, 2.05) is 0 Å². The van der Waals surface area contributed by atoms with E-state index in [0.717, 1.165) is 0 Å². The summed E-state index contributed by atoms with van der Waals surface area (Å²) in [6.07, 6.45) is -0.445. The predicted molar refractivity (Wildman–Crippen MR) is 59.5 cm³/mol. The van der Waals surface area contributed by atoms with Crippen molar-refractivity contribution < 1.29 is 13.7 Å². The van der Waals surface area contributed by atoms with Crippen LogP contribution >= 0.6 is 11.6 Å². The van der Waals surface area contributed by atoms with Gasteiger partial charge in [-0.3, -0.25) is 0 Å². The first-order chi connectivity index (χ1) is 8.06. The first-order valence-corrected chi connectivity index (χ1v) is 5.36. The SMILES string of the molecule is Cc1noc(C(C)Oc2ccc(F)cc2Cl)n1. The monoisotopic (exact) mass is 256 g/mol. The van der Waals surface area contributed by atoms with Gasteiger partial charge in [-0.25, -0.2) is 4.39 Å². The highest BCUT2D eigenvalue weighted by atomic mass is 35.5. The maximum atomic E-state index is 12.8. The van der Waals surface area contributed by atoms with Crippen LogP contribution in [-0.2, 0) is 0 Å². The van der Waals surface area contributed by atoms with Crippen LogP contribution in [0.25, 0.3) is 0 Å². The van der Waals surface area contributed by atoms with E-state index in [0.29, 0.717) is 17.5 Å². The van der Waals surface area contributed by atoms with Crippen LogP contribution in [-0.4, -0.2) is 10.1 Å². The van der Waals surface area contributed by atoms with Crippen LogP contribution in [0.1, 0.15) is 24.7 Å². The maximum Gasteiger partial charge on any atom is 0.267 e. The number of hydrogen-bond acceptors (Lipinski definition) is 4. The molecule has 0 saturated carbocycles. The summed E-state index contributed by atoms with van der Waals surface area (Å²) in [5, 5.41) is 3.86. The summed E-state index contributed by atoms with van der Waals surface area (Å²) in [5.41, 5.74) is 0. The molecule has 0 N–H and O–H groups in total. The first kappa shape index (κ1) is 11.9. The summed E-state index contributed by atoms with van der Waals surface area (Å²) < 4.78 is 23.3. The van der Waals surface area contributed by atoms with Crippen LogP contribution in [0.4, 0.5) is 4.39 Å². The van der Waals surface area contributed by atoms with Gasteiger partial charge in [0.15, 0.2) is 11.9 Å². The van der Waals surface area contributed by atoms with E-state index in [2.05, 4.69) is 10.1 Å². The number of hydrogen-bond donors (Lipinski definition) is 0. The molecule has 0 aliphatic heterocycles. The van der Waals surface area contributed by atoms with Crippen molar-refractivity contribution in [2.75, 3.05) is 0 Å². The predicted octanol–water partition coefficient (Wildman–Crippen LogP) is 3.31. The summed E-state index contributed by atoms with van der Waals surface area (Å²) in [6.45, 7) is 3.46. The van der Waals surface area contributed by atoms with E-state index in [1.54, 1.807) is 13.8 Å².